The van der Waals surface area contributed by atoms with E-state index >= 15 is 0 Å². The molecule has 1 saturated heterocycles. The van der Waals surface area contributed by atoms with E-state index in [0.717, 1.165) is 24.9 Å². The average molecular weight is 299 g/mol. The van der Waals surface area contributed by atoms with Crippen molar-refractivity contribution in [2.24, 2.45) is 5.92 Å². The van der Waals surface area contributed by atoms with Gasteiger partial charge in [0.25, 0.3) is 0 Å². The maximum Gasteiger partial charge on any atom is 0.222 e. The van der Waals surface area contributed by atoms with Crippen molar-refractivity contribution in [2.75, 3.05) is 25.1 Å². The SMILES string of the molecule is CS(=O)(=O)CC1CCCN(C(=O)CCc2cn[nH]c2)C1. The van der Waals surface area contributed by atoms with E-state index in [9.17, 15) is 13.2 Å². The van der Waals surface area contributed by atoms with Gasteiger partial charge in [-0.05, 0) is 30.7 Å². The molecule has 1 aromatic heterocycles. The molecule has 1 amide bonds. The molecule has 2 rings (SSSR count). The molecule has 0 radical (unpaired) electrons. The molecular weight excluding hydrogens is 278 g/mol. The fraction of sp³-hybridized carbons (Fsp3) is 0.692. The van der Waals surface area contributed by atoms with Crippen molar-refractivity contribution in [3.8, 4) is 0 Å². The fourth-order valence-electron chi connectivity index (χ4n) is 2.68. The Hall–Kier alpha value is -1.37. The minimum absolute atomic E-state index is 0.0802. The zero-order valence-corrected chi connectivity index (χ0v) is 12.5. The lowest BCUT2D eigenvalue weighted by Gasteiger charge is -2.32. The first-order valence-corrected chi connectivity index (χ1v) is 8.93. The highest BCUT2D eigenvalue weighted by Gasteiger charge is 2.25. The van der Waals surface area contributed by atoms with Crippen LogP contribution in [0.2, 0.25) is 0 Å². The molecule has 0 saturated carbocycles. The lowest BCUT2D eigenvalue weighted by molar-refractivity contribution is -0.132. The van der Waals surface area contributed by atoms with Gasteiger partial charge in [-0.25, -0.2) is 8.42 Å². The van der Waals surface area contributed by atoms with Crippen molar-refractivity contribution >= 4 is 15.7 Å². The predicted molar refractivity (Wildman–Crippen MR) is 75.9 cm³/mol. The third-order valence-corrected chi connectivity index (χ3v) is 4.67. The smallest absolute Gasteiger partial charge is 0.222 e. The standard InChI is InChI=1S/C13H21N3O3S/c1-20(18,19)10-12-3-2-6-16(9-12)13(17)5-4-11-7-14-15-8-11/h7-8,12H,2-6,9-10H2,1H3,(H,14,15). The molecule has 7 heteroatoms. The van der Waals surface area contributed by atoms with E-state index in [1.807, 2.05) is 0 Å². The van der Waals surface area contributed by atoms with Crippen LogP contribution in [0.5, 0.6) is 0 Å². The van der Waals surface area contributed by atoms with Gasteiger partial charge in [0, 0.05) is 32.0 Å². The van der Waals surface area contributed by atoms with Gasteiger partial charge in [0.05, 0.1) is 11.9 Å². The Balaban J connectivity index is 1.83. The minimum atomic E-state index is -2.97. The van der Waals surface area contributed by atoms with Crippen molar-refractivity contribution in [1.82, 2.24) is 15.1 Å². The number of nitrogens with zero attached hydrogens (tertiary/aromatic N) is 2. The van der Waals surface area contributed by atoms with Crippen LogP contribution in [0.15, 0.2) is 12.4 Å². The molecule has 20 heavy (non-hydrogen) atoms. The van der Waals surface area contributed by atoms with E-state index in [-0.39, 0.29) is 17.6 Å². The zero-order chi connectivity index (χ0) is 14.6. The van der Waals surface area contributed by atoms with Crippen LogP contribution in [0.25, 0.3) is 0 Å². The molecule has 6 nitrogen and oxygen atoms in total. The summed E-state index contributed by atoms with van der Waals surface area (Å²) in [6, 6.07) is 0. The maximum atomic E-state index is 12.2. The highest BCUT2D eigenvalue weighted by molar-refractivity contribution is 7.90. The lowest BCUT2D eigenvalue weighted by Crippen LogP contribution is -2.41. The molecule has 0 spiro atoms. The molecule has 1 aromatic rings. The Bertz CT molecular complexity index is 539. The van der Waals surface area contributed by atoms with Gasteiger partial charge in [0.1, 0.15) is 9.84 Å². The summed E-state index contributed by atoms with van der Waals surface area (Å²) in [7, 11) is -2.97. The van der Waals surface area contributed by atoms with Crippen LogP contribution in [0.1, 0.15) is 24.8 Å². The maximum absolute atomic E-state index is 12.2. The van der Waals surface area contributed by atoms with Gasteiger partial charge in [-0.3, -0.25) is 9.89 Å². The first kappa shape index (κ1) is 15.0. The number of carbonyl (C=O) groups is 1. The van der Waals surface area contributed by atoms with E-state index in [4.69, 9.17) is 0 Å². The first-order valence-electron chi connectivity index (χ1n) is 6.87. The second-order valence-corrected chi connectivity index (χ2v) is 7.73. The number of nitrogens with one attached hydrogen (secondary N) is 1. The van der Waals surface area contributed by atoms with Gasteiger partial charge in [0.2, 0.25) is 5.91 Å². The van der Waals surface area contributed by atoms with Gasteiger partial charge in [-0.1, -0.05) is 0 Å². The van der Waals surface area contributed by atoms with Gasteiger partial charge in [-0.15, -0.1) is 0 Å². The molecular formula is C13H21N3O3S. The largest absolute Gasteiger partial charge is 0.342 e. The van der Waals surface area contributed by atoms with E-state index in [2.05, 4.69) is 10.2 Å². The molecule has 1 N–H and O–H groups in total. The molecule has 2 heterocycles. The van der Waals surface area contributed by atoms with Crippen LogP contribution >= 0.6 is 0 Å². The number of aromatic nitrogens is 2. The van der Waals surface area contributed by atoms with E-state index < -0.39 is 9.84 Å². The number of aromatic amines is 1. The molecule has 1 aliphatic rings. The zero-order valence-electron chi connectivity index (χ0n) is 11.7. The highest BCUT2D eigenvalue weighted by atomic mass is 32.2. The highest BCUT2D eigenvalue weighted by Crippen LogP contribution is 2.19. The Labute approximate surface area is 119 Å². The summed E-state index contributed by atoms with van der Waals surface area (Å²) in [4.78, 5) is 14.0. The molecule has 0 bridgehead atoms. The summed E-state index contributed by atoms with van der Waals surface area (Å²) in [6.07, 6.45) is 7.66. The van der Waals surface area contributed by atoms with Crippen molar-refractivity contribution in [3.05, 3.63) is 18.0 Å². The number of hydrogen-bond donors (Lipinski definition) is 1. The number of amides is 1. The average Bonchev–Trinajstić information content (AvgIpc) is 2.87. The fourth-order valence-corrected chi connectivity index (χ4v) is 3.81. The molecule has 1 fully saturated rings. The summed E-state index contributed by atoms with van der Waals surface area (Å²) in [5.74, 6) is 0.361. The Morgan fingerprint density at radius 1 is 1.55 bits per heavy atom. The van der Waals surface area contributed by atoms with Crippen molar-refractivity contribution < 1.29 is 13.2 Å². The topological polar surface area (TPSA) is 83.1 Å². The van der Waals surface area contributed by atoms with Crippen LogP contribution in [0, 0.1) is 5.92 Å². The van der Waals surface area contributed by atoms with Crippen LogP contribution in [0.3, 0.4) is 0 Å². The molecule has 1 aliphatic heterocycles. The first-order chi connectivity index (χ1) is 9.44. The van der Waals surface area contributed by atoms with E-state index in [1.165, 1.54) is 6.26 Å². The summed E-state index contributed by atoms with van der Waals surface area (Å²) in [5, 5.41) is 6.57. The molecule has 112 valence electrons. The van der Waals surface area contributed by atoms with Crippen LogP contribution in [0.4, 0.5) is 0 Å². The minimum Gasteiger partial charge on any atom is -0.342 e. The van der Waals surface area contributed by atoms with Crippen molar-refractivity contribution in [3.63, 3.8) is 0 Å². The van der Waals surface area contributed by atoms with Gasteiger partial charge in [0.15, 0.2) is 0 Å². The molecule has 1 atom stereocenters. The number of likely N-dealkylation sites (tertiary alicyclic amines) is 1. The second kappa shape index (κ2) is 6.39. The molecule has 0 aliphatic carbocycles. The quantitative estimate of drug-likeness (QED) is 0.864. The summed E-state index contributed by atoms with van der Waals surface area (Å²) in [6.45, 7) is 1.31. The normalized spacial score (nSPS) is 20.1. The number of aryl methyl sites for hydroxylation is 1. The predicted octanol–water partition coefficient (Wildman–Crippen LogP) is 0.626. The number of rotatable bonds is 5. The van der Waals surface area contributed by atoms with E-state index in [0.29, 0.717) is 19.4 Å². The Morgan fingerprint density at radius 2 is 2.35 bits per heavy atom. The van der Waals surface area contributed by atoms with E-state index in [1.54, 1.807) is 17.3 Å². The number of piperidine rings is 1. The van der Waals surface area contributed by atoms with Gasteiger partial charge < -0.3 is 4.90 Å². The number of sulfone groups is 1. The lowest BCUT2D eigenvalue weighted by atomic mass is 9.99. The summed E-state index contributed by atoms with van der Waals surface area (Å²) >= 11 is 0. The summed E-state index contributed by atoms with van der Waals surface area (Å²) < 4.78 is 22.7. The van der Waals surface area contributed by atoms with Crippen molar-refractivity contribution in [2.45, 2.75) is 25.7 Å². The molecule has 1 unspecified atom stereocenters. The number of H-pyrrole nitrogens is 1. The van der Waals surface area contributed by atoms with Crippen LogP contribution in [-0.4, -0.2) is 54.5 Å². The van der Waals surface area contributed by atoms with Gasteiger partial charge >= 0.3 is 0 Å². The Morgan fingerprint density at radius 3 is 3.00 bits per heavy atom. The van der Waals surface area contributed by atoms with Crippen molar-refractivity contribution in [1.29, 1.82) is 0 Å². The third kappa shape index (κ3) is 4.63. The van der Waals surface area contributed by atoms with Crippen LogP contribution in [-0.2, 0) is 21.1 Å². The number of hydrogen-bond acceptors (Lipinski definition) is 4. The van der Waals surface area contributed by atoms with Crippen LogP contribution < -0.4 is 0 Å². The third-order valence-electron chi connectivity index (χ3n) is 3.59. The Kier molecular flexibility index (Phi) is 4.80. The molecule has 0 aromatic carbocycles. The summed E-state index contributed by atoms with van der Waals surface area (Å²) in [5.41, 5.74) is 1.02. The second-order valence-electron chi connectivity index (χ2n) is 5.55. The van der Waals surface area contributed by atoms with Gasteiger partial charge in [-0.2, -0.15) is 5.10 Å². The number of carbonyl (C=O) groups excluding carboxylic acids is 1. The monoisotopic (exact) mass is 299 g/mol.